The first kappa shape index (κ1) is 16.7. The number of hydrogen-bond donors (Lipinski definition) is 1. The summed E-state index contributed by atoms with van der Waals surface area (Å²) in [5, 5.41) is 1.76. The molecule has 0 spiro atoms. The molecule has 21 heavy (non-hydrogen) atoms. The van der Waals surface area contributed by atoms with Crippen molar-refractivity contribution in [3.05, 3.63) is 12.3 Å². The van der Waals surface area contributed by atoms with Crippen LogP contribution in [0, 0.1) is 0 Å². The third-order valence-electron chi connectivity index (χ3n) is 4.71. The monoisotopic (exact) mass is 315 g/mol. The summed E-state index contributed by atoms with van der Waals surface area (Å²) in [6.45, 7) is 15.7. The van der Waals surface area contributed by atoms with Crippen molar-refractivity contribution in [2.45, 2.75) is 57.3 Å². The van der Waals surface area contributed by atoms with Gasteiger partial charge in [0.25, 0.3) is 0 Å². The van der Waals surface area contributed by atoms with Gasteiger partial charge in [0.15, 0.2) is 0 Å². The highest BCUT2D eigenvalue weighted by atomic mass is 31.2. The van der Waals surface area contributed by atoms with E-state index in [9.17, 15) is 4.79 Å². The van der Waals surface area contributed by atoms with Crippen molar-refractivity contribution >= 4 is 13.4 Å². The molecule has 0 aromatic rings. The van der Waals surface area contributed by atoms with Crippen LogP contribution in [-0.4, -0.2) is 53.7 Å². The highest BCUT2D eigenvalue weighted by Crippen LogP contribution is 2.86. The zero-order valence-electron chi connectivity index (χ0n) is 14.1. The van der Waals surface area contributed by atoms with Crippen LogP contribution < -0.4 is 5.43 Å². The van der Waals surface area contributed by atoms with E-state index in [1.165, 1.54) is 5.01 Å². The van der Waals surface area contributed by atoms with Gasteiger partial charge in [-0.05, 0) is 40.7 Å². The number of carbonyl (C=O) groups is 1. The maximum Gasteiger partial charge on any atom is 0.429 e. The first-order valence-electron chi connectivity index (χ1n) is 7.37. The zero-order chi connectivity index (χ0) is 16.1. The summed E-state index contributed by atoms with van der Waals surface area (Å²) >= 11 is 0. The fraction of sp³-hybridized carbons (Fsp3) is 0.800. The van der Waals surface area contributed by atoms with Crippen LogP contribution >= 0.6 is 7.26 Å². The van der Waals surface area contributed by atoms with Gasteiger partial charge in [-0.15, -0.1) is 0 Å². The minimum atomic E-state index is -0.853. The van der Waals surface area contributed by atoms with Gasteiger partial charge in [-0.25, -0.2) is 9.80 Å². The first-order valence-corrected chi connectivity index (χ1v) is 10.1. The Morgan fingerprint density at radius 1 is 1.38 bits per heavy atom. The first-order chi connectivity index (χ1) is 9.45. The van der Waals surface area contributed by atoms with Crippen molar-refractivity contribution in [2.75, 3.05) is 19.9 Å². The summed E-state index contributed by atoms with van der Waals surface area (Å²) in [6, 6.07) is 0. The Hall–Kier alpha value is -0.640. The topological polar surface area (TPSA) is 50.8 Å². The molecular weight excluding hydrogens is 287 g/mol. The molecule has 0 bridgehead atoms. The summed E-state index contributed by atoms with van der Waals surface area (Å²) in [4.78, 5) is 11.9. The van der Waals surface area contributed by atoms with Crippen LogP contribution in [0.15, 0.2) is 12.3 Å². The molecule has 0 saturated carbocycles. The van der Waals surface area contributed by atoms with Gasteiger partial charge in [-0.3, -0.25) is 0 Å². The molecule has 2 rings (SSSR count). The van der Waals surface area contributed by atoms with Crippen LogP contribution in [0.4, 0.5) is 4.79 Å². The molecule has 2 unspecified atom stereocenters. The lowest BCUT2D eigenvalue weighted by molar-refractivity contribution is 0.00126. The number of carbonyl (C=O) groups excluding carboxylic acids is 1. The number of rotatable bonds is 3. The van der Waals surface area contributed by atoms with Gasteiger partial charge in [0, 0.05) is 26.8 Å². The van der Waals surface area contributed by atoms with Gasteiger partial charge in [0.2, 0.25) is 0 Å². The number of hydrazine groups is 1. The maximum atomic E-state index is 11.9. The standard InChI is InChI=1S/C15H28N2O3P/c1-14(2,3)20-13(18)17-9-8-12(16-17)19-10-11-15(4,5)21(11,6)7/h8-9,11-12,16H,10H2,1-7H3/q+1. The van der Waals surface area contributed by atoms with Gasteiger partial charge in [0.05, 0.1) is 6.61 Å². The van der Waals surface area contributed by atoms with Crippen LogP contribution in [0.25, 0.3) is 0 Å². The lowest BCUT2D eigenvalue weighted by atomic mass is 10.1. The molecular formula is C15H28N2O3P+. The molecule has 0 aliphatic carbocycles. The number of amides is 1. The van der Waals surface area contributed by atoms with Crippen LogP contribution in [-0.2, 0) is 9.47 Å². The Morgan fingerprint density at radius 2 is 1.95 bits per heavy atom. The van der Waals surface area contributed by atoms with E-state index in [-0.39, 0.29) is 6.23 Å². The maximum absolute atomic E-state index is 11.9. The van der Waals surface area contributed by atoms with Gasteiger partial charge in [-0.2, -0.15) is 5.43 Å². The average molecular weight is 315 g/mol. The fourth-order valence-electron chi connectivity index (χ4n) is 2.67. The van der Waals surface area contributed by atoms with Crippen molar-refractivity contribution in [1.29, 1.82) is 0 Å². The third-order valence-corrected chi connectivity index (χ3v) is 10.1. The molecule has 2 aliphatic heterocycles. The van der Waals surface area contributed by atoms with Crippen LogP contribution in [0.1, 0.15) is 34.6 Å². The summed E-state index contributed by atoms with van der Waals surface area (Å²) in [5.41, 5.74) is 3.14. The van der Waals surface area contributed by atoms with E-state index in [0.29, 0.717) is 10.8 Å². The molecule has 5 nitrogen and oxygen atoms in total. The molecule has 1 fully saturated rings. The predicted molar refractivity (Wildman–Crippen MR) is 86.7 cm³/mol. The van der Waals surface area contributed by atoms with Gasteiger partial charge >= 0.3 is 6.09 Å². The van der Waals surface area contributed by atoms with Gasteiger partial charge in [0.1, 0.15) is 22.6 Å². The van der Waals surface area contributed by atoms with E-state index in [1.807, 2.05) is 26.8 Å². The second-order valence-electron chi connectivity index (χ2n) is 7.78. The predicted octanol–water partition coefficient (Wildman–Crippen LogP) is 3.04. The van der Waals surface area contributed by atoms with Gasteiger partial charge < -0.3 is 9.47 Å². The summed E-state index contributed by atoms with van der Waals surface area (Å²) in [7, 11) is -0.853. The second-order valence-corrected chi connectivity index (χ2v) is 12.6. The lowest BCUT2D eigenvalue weighted by Gasteiger charge is -2.24. The Kier molecular flexibility index (Phi) is 4.16. The Balaban J connectivity index is 1.77. The van der Waals surface area contributed by atoms with Crippen molar-refractivity contribution < 1.29 is 14.3 Å². The largest absolute Gasteiger partial charge is 0.442 e. The summed E-state index contributed by atoms with van der Waals surface area (Å²) in [5.74, 6) is 0. The van der Waals surface area contributed by atoms with E-state index >= 15 is 0 Å². The average Bonchev–Trinajstić information content (AvgIpc) is 2.69. The molecule has 6 heteroatoms. The SMILES string of the molecule is CC(C)(C)OC(=O)N1C=CC(OCC2C(C)(C)[P+]2(C)C)N1. The van der Waals surface area contributed by atoms with E-state index in [4.69, 9.17) is 9.47 Å². The summed E-state index contributed by atoms with van der Waals surface area (Å²) < 4.78 is 11.2. The molecule has 1 N–H and O–H groups in total. The number of nitrogens with one attached hydrogen (secondary N) is 1. The number of hydrogen-bond acceptors (Lipinski definition) is 4. The van der Waals surface area contributed by atoms with E-state index in [0.717, 1.165) is 6.61 Å². The molecule has 2 atom stereocenters. The Labute approximate surface area is 128 Å². The Bertz CT molecular complexity index is 440. The minimum absolute atomic E-state index is 0.256. The molecule has 2 heterocycles. The molecule has 0 radical (unpaired) electrons. The summed E-state index contributed by atoms with van der Waals surface area (Å²) in [6.07, 6.45) is 2.83. The van der Waals surface area contributed by atoms with E-state index in [2.05, 4.69) is 32.6 Å². The van der Waals surface area contributed by atoms with Crippen molar-refractivity contribution in [1.82, 2.24) is 10.4 Å². The molecule has 120 valence electrons. The smallest absolute Gasteiger partial charge is 0.429 e. The normalized spacial score (nSPS) is 29.6. The van der Waals surface area contributed by atoms with Crippen molar-refractivity contribution in [2.24, 2.45) is 0 Å². The quantitative estimate of drug-likeness (QED) is 0.813. The fourth-order valence-corrected chi connectivity index (χ4v) is 6.25. The molecule has 0 aromatic carbocycles. The molecule has 2 aliphatic rings. The lowest BCUT2D eigenvalue weighted by Crippen LogP contribution is -2.43. The molecule has 0 aromatic heterocycles. The van der Waals surface area contributed by atoms with Crippen LogP contribution in [0.5, 0.6) is 0 Å². The third kappa shape index (κ3) is 3.41. The highest BCUT2D eigenvalue weighted by molar-refractivity contribution is 7.84. The van der Waals surface area contributed by atoms with Crippen molar-refractivity contribution in [3.8, 4) is 0 Å². The van der Waals surface area contributed by atoms with Crippen LogP contribution in [0.3, 0.4) is 0 Å². The van der Waals surface area contributed by atoms with Gasteiger partial charge in [-0.1, -0.05) is 0 Å². The molecule has 1 amide bonds. The van der Waals surface area contributed by atoms with Crippen molar-refractivity contribution in [3.63, 3.8) is 0 Å². The zero-order valence-corrected chi connectivity index (χ0v) is 15.0. The van der Waals surface area contributed by atoms with E-state index < -0.39 is 19.0 Å². The van der Waals surface area contributed by atoms with Crippen LogP contribution in [0.2, 0.25) is 0 Å². The highest BCUT2D eigenvalue weighted by Gasteiger charge is 2.74. The van der Waals surface area contributed by atoms with E-state index in [1.54, 1.807) is 6.20 Å². The minimum Gasteiger partial charge on any atom is -0.442 e. The number of ether oxygens (including phenoxy) is 2. The second kappa shape index (κ2) is 5.22. The molecule has 1 saturated heterocycles. The number of nitrogens with zero attached hydrogens (tertiary/aromatic N) is 1. The Morgan fingerprint density at radius 3 is 2.43 bits per heavy atom.